The molecule has 0 aromatic heterocycles. The van der Waals surface area contributed by atoms with Gasteiger partial charge in [0.25, 0.3) is 17.8 Å². The fourth-order valence-electron chi connectivity index (χ4n) is 0.380. The van der Waals surface area contributed by atoms with Gasteiger partial charge in [0.2, 0.25) is 0 Å². The third-order valence-electron chi connectivity index (χ3n) is 0.935. The van der Waals surface area contributed by atoms with E-state index in [0.717, 1.165) is 13.4 Å². The van der Waals surface area contributed by atoms with Gasteiger partial charge in [-0.3, -0.25) is 0 Å². The Bertz CT molecular complexity index is 299. The Morgan fingerprint density at radius 1 is 1.23 bits per heavy atom. The van der Waals surface area contributed by atoms with Crippen LogP contribution in [0, 0.1) is 11.5 Å². The number of nitriles is 1. The van der Waals surface area contributed by atoms with Crippen molar-refractivity contribution in [3.05, 3.63) is 11.5 Å². The van der Waals surface area contributed by atoms with Crippen LogP contribution in [0.1, 0.15) is 0 Å². The molecule has 0 aromatic carbocycles. The average Bonchev–Trinajstić information content (AvgIpc) is 2.14. The van der Waals surface area contributed by atoms with E-state index in [1.54, 1.807) is 0 Å². The Labute approximate surface area is 72.4 Å². The minimum absolute atomic E-state index is 0.932. The predicted molar refractivity (Wildman–Crippen MR) is 36.0 cm³/mol. The van der Waals surface area contributed by atoms with Crippen LogP contribution in [-0.4, -0.2) is 29.3 Å². The number of methoxy groups -OCH3 is 1. The number of aliphatic hydroxyl groups excluding tert-OH is 2. The summed E-state index contributed by atoms with van der Waals surface area (Å²) in [7, 11) is 0.932. The van der Waals surface area contributed by atoms with Gasteiger partial charge in [-0.05, 0) is 0 Å². The van der Waals surface area contributed by atoms with Crippen molar-refractivity contribution < 1.29 is 29.3 Å². The van der Waals surface area contributed by atoms with Crippen LogP contribution < -0.4 is 0 Å². The monoisotopic (exact) mass is 187 g/mol. The molecule has 0 aliphatic rings. The molecule has 0 unspecified atom stereocenters. The summed E-state index contributed by atoms with van der Waals surface area (Å²) in [5.41, 5.74) is 0. The summed E-state index contributed by atoms with van der Waals surface area (Å²) in [6.07, 6.45) is 0.953. The summed E-state index contributed by atoms with van der Waals surface area (Å²) in [6.45, 7) is 0. The molecule has 0 aromatic rings. The van der Waals surface area contributed by atoms with Crippen LogP contribution in [0.15, 0.2) is 11.5 Å². The molecule has 0 saturated carbocycles. The fraction of sp³-hybridized carbons (Fsp3) is 0.167. The van der Waals surface area contributed by atoms with Gasteiger partial charge < -0.3 is 19.7 Å². The zero-order valence-corrected chi connectivity index (χ0v) is 6.47. The molecule has 0 saturated heterocycles. The lowest BCUT2D eigenvalue weighted by Gasteiger charge is -1.98. The molecule has 7 heteroatoms. The van der Waals surface area contributed by atoms with Gasteiger partial charge in [0, 0.05) is 0 Å². The van der Waals surface area contributed by atoms with E-state index in [9.17, 15) is 9.59 Å². The summed E-state index contributed by atoms with van der Waals surface area (Å²) in [5.74, 6) is -5.55. The van der Waals surface area contributed by atoms with Crippen LogP contribution in [0.5, 0.6) is 0 Å². The predicted octanol–water partition coefficient (Wildman–Crippen LogP) is -0.489. The molecule has 13 heavy (non-hydrogen) atoms. The summed E-state index contributed by atoms with van der Waals surface area (Å²) < 4.78 is 7.57. The van der Waals surface area contributed by atoms with Crippen LogP contribution in [0.4, 0.5) is 0 Å². The topological polar surface area (TPSA) is 117 Å². The molecular weight excluding hydrogens is 182 g/mol. The van der Waals surface area contributed by atoms with Gasteiger partial charge in [0.05, 0.1) is 7.11 Å². The molecule has 0 atom stereocenters. The van der Waals surface area contributed by atoms with Crippen molar-refractivity contribution in [1.29, 1.82) is 5.26 Å². The zero-order chi connectivity index (χ0) is 10.4. The van der Waals surface area contributed by atoms with E-state index in [4.69, 9.17) is 15.5 Å². The number of nitrogens with zero attached hydrogens (tertiary/aromatic N) is 1. The Balaban J connectivity index is 4.73. The highest BCUT2D eigenvalue weighted by atomic mass is 16.6. The third kappa shape index (κ3) is 2.70. The minimum Gasteiger partial charge on any atom is -0.499 e. The first kappa shape index (κ1) is 10.8. The van der Waals surface area contributed by atoms with Gasteiger partial charge in [-0.1, -0.05) is 0 Å². The average molecular weight is 187 g/mol. The number of rotatable bonds is 2. The summed E-state index contributed by atoms with van der Waals surface area (Å²) >= 11 is 0. The van der Waals surface area contributed by atoms with E-state index in [0.29, 0.717) is 0 Å². The Morgan fingerprint density at radius 3 is 2.08 bits per heavy atom. The van der Waals surface area contributed by atoms with Crippen molar-refractivity contribution in [2.24, 2.45) is 0 Å². The van der Waals surface area contributed by atoms with E-state index < -0.39 is 23.5 Å². The molecule has 7 nitrogen and oxygen atoms in total. The molecule has 0 aliphatic heterocycles. The van der Waals surface area contributed by atoms with Crippen molar-refractivity contribution in [2.75, 3.05) is 7.11 Å². The van der Waals surface area contributed by atoms with E-state index >= 15 is 0 Å². The Hall–Kier alpha value is -2.23. The summed E-state index contributed by atoms with van der Waals surface area (Å²) in [5, 5.41) is 25.3. The molecule has 0 amide bonds. The van der Waals surface area contributed by atoms with E-state index in [-0.39, 0.29) is 0 Å². The van der Waals surface area contributed by atoms with Crippen LogP contribution in [-0.2, 0) is 19.1 Å². The number of carbonyl (C=O) groups excluding carboxylic acids is 2. The standard InChI is InChI=1S/C6H5NO6/c1-12-5(10)3(8)4(9)6(11)13-2-7/h8-9H,1H3/b4-3+. The van der Waals surface area contributed by atoms with Gasteiger partial charge >= 0.3 is 11.9 Å². The van der Waals surface area contributed by atoms with Gasteiger partial charge in [-0.2, -0.15) is 0 Å². The maximum absolute atomic E-state index is 10.5. The second-order valence-corrected chi connectivity index (χ2v) is 1.67. The number of aliphatic hydroxyl groups is 2. The maximum atomic E-state index is 10.5. The smallest absolute Gasteiger partial charge is 0.392 e. The molecule has 0 rings (SSSR count). The Kier molecular flexibility index (Phi) is 3.82. The normalized spacial score (nSPS) is 10.8. The van der Waals surface area contributed by atoms with Crippen molar-refractivity contribution in [2.45, 2.75) is 0 Å². The maximum Gasteiger partial charge on any atom is 0.392 e. The van der Waals surface area contributed by atoms with E-state index in [1.807, 2.05) is 0 Å². The molecule has 0 bridgehead atoms. The molecule has 0 fully saturated rings. The molecular formula is C6H5NO6. The highest BCUT2D eigenvalue weighted by molar-refractivity contribution is 5.97. The van der Waals surface area contributed by atoms with Crippen LogP contribution in [0.2, 0.25) is 0 Å². The number of carbonyl (C=O) groups is 2. The van der Waals surface area contributed by atoms with E-state index in [2.05, 4.69) is 9.47 Å². The number of ether oxygens (including phenoxy) is 2. The van der Waals surface area contributed by atoms with Crippen molar-refractivity contribution in [1.82, 2.24) is 0 Å². The van der Waals surface area contributed by atoms with Crippen LogP contribution in [0.25, 0.3) is 0 Å². The van der Waals surface area contributed by atoms with Crippen LogP contribution in [0.3, 0.4) is 0 Å². The first-order valence-corrected chi connectivity index (χ1v) is 2.85. The fourth-order valence-corrected chi connectivity index (χ4v) is 0.380. The Morgan fingerprint density at radius 2 is 1.69 bits per heavy atom. The molecule has 2 N–H and O–H groups in total. The van der Waals surface area contributed by atoms with Gasteiger partial charge in [-0.25, -0.2) is 9.59 Å². The zero-order valence-electron chi connectivity index (χ0n) is 6.47. The first-order chi connectivity index (χ1) is 6.04. The largest absolute Gasteiger partial charge is 0.499 e. The van der Waals surface area contributed by atoms with Gasteiger partial charge in [-0.15, -0.1) is 5.26 Å². The molecule has 0 aliphatic carbocycles. The lowest BCUT2D eigenvalue weighted by atomic mass is 10.4. The quantitative estimate of drug-likeness (QED) is 0.259. The van der Waals surface area contributed by atoms with Crippen molar-refractivity contribution >= 4 is 11.9 Å². The second-order valence-electron chi connectivity index (χ2n) is 1.67. The number of hydrogen-bond donors (Lipinski definition) is 2. The molecule has 70 valence electrons. The first-order valence-electron chi connectivity index (χ1n) is 2.85. The molecule has 0 spiro atoms. The lowest BCUT2D eigenvalue weighted by molar-refractivity contribution is -0.142. The van der Waals surface area contributed by atoms with E-state index in [1.165, 1.54) is 0 Å². The highest BCUT2D eigenvalue weighted by Crippen LogP contribution is 2.01. The second kappa shape index (κ2) is 4.61. The SMILES string of the molecule is COC(=O)/C(O)=C(\O)C(=O)OC#N. The number of esters is 2. The molecule has 0 radical (unpaired) electrons. The summed E-state index contributed by atoms with van der Waals surface area (Å²) in [6, 6.07) is 0. The van der Waals surface area contributed by atoms with Crippen LogP contribution >= 0.6 is 0 Å². The number of hydrogen-bond acceptors (Lipinski definition) is 7. The highest BCUT2D eigenvalue weighted by Gasteiger charge is 2.21. The lowest BCUT2D eigenvalue weighted by Crippen LogP contribution is -2.13. The van der Waals surface area contributed by atoms with Crippen molar-refractivity contribution in [3.8, 4) is 6.26 Å². The van der Waals surface area contributed by atoms with Gasteiger partial charge in [0.1, 0.15) is 0 Å². The van der Waals surface area contributed by atoms with Crippen molar-refractivity contribution in [3.63, 3.8) is 0 Å². The van der Waals surface area contributed by atoms with Gasteiger partial charge in [0.15, 0.2) is 0 Å². The third-order valence-corrected chi connectivity index (χ3v) is 0.935. The summed E-state index contributed by atoms with van der Waals surface area (Å²) in [4.78, 5) is 21.0. The molecule has 0 heterocycles. The minimum atomic E-state index is -1.54.